The molecule has 1 atom stereocenters. The highest BCUT2D eigenvalue weighted by atomic mass is 32.2. The second-order valence-corrected chi connectivity index (χ2v) is 4.25. The lowest BCUT2D eigenvalue weighted by Gasteiger charge is -2.11. The van der Waals surface area contributed by atoms with Crippen molar-refractivity contribution in [2.75, 3.05) is 6.61 Å². The molecule has 1 aliphatic rings. The number of amides is 2. The molecule has 1 fully saturated rings. The first-order valence-electron chi connectivity index (χ1n) is 3.84. The maximum absolute atomic E-state index is 11.2. The minimum atomic E-state index is -4.53. The van der Waals surface area contributed by atoms with Gasteiger partial charge in [-0.3, -0.25) is 19.0 Å². The van der Waals surface area contributed by atoms with Crippen LogP contribution in [0.1, 0.15) is 13.3 Å². The van der Waals surface area contributed by atoms with Gasteiger partial charge in [-0.05, 0) is 6.92 Å². The highest BCUT2D eigenvalue weighted by molar-refractivity contribution is 7.87. The molecule has 1 unspecified atom stereocenters. The first-order chi connectivity index (χ1) is 6.38. The van der Waals surface area contributed by atoms with Gasteiger partial charge in [0.2, 0.25) is 0 Å². The highest BCUT2D eigenvalue weighted by Gasteiger charge is 2.46. The molecule has 7 nitrogen and oxygen atoms in total. The normalized spacial score (nSPS) is 23.3. The van der Waals surface area contributed by atoms with E-state index in [4.69, 9.17) is 4.55 Å². The number of hydrogen-bond donors (Lipinski definition) is 1. The molecule has 1 aliphatic heterocycles. The van der Waals surface area contributed by atoms with Crippen molar-refractivity contribution >= 4 is 21.9 Å². The maximum Gasteiger partial charge on any atom is 0.277 e. The van der Waals surface area contributed by atoms with E-state index in [2.05, 4.69) is 4.84 Å². The summed E-state index contributed by atoms with van der Waals surface area (Å²) >= 11 is 0. The summed E-state index contributed by atoms with van der Waals surface area (Å²) in [5.74, 6) is -1.81. The number of carbonyl (C=O) groups excluding carboxylic acids is 2. The first-order valence-corrected chi connectivity index (χ1v) is 5.34. The summed E-state index contributed by atoms with van der Waals surface area (Å²) in [6.07, 6.45) is -0.572. The molecule has 14 heavy (non-hydrogen) atoms. The second kappa shape index (κ2) is 3.64. The standard InChI is InChI=1S/C6H9NO6S/c1-2-13-7-5(8)3-4(6(7)9)14(10,11)12/h4H,2-3H2,1H3,(H,10,11,12). The molecule has 0 aromatic carbocycles. The SMILES string of the molecule is CCON1C(=O)CC(S(=O)(=O)O)C1=O. The highest BCUT2D eigenvalue weighted by Crippen LogP contribution is 2.19. The van der Waals surface area contributed by atoms with Crippen LogP contribution < -0.4 is 0 Å². The lowest BCUT2D eigenvalue weighted by molar-refractivity contribution is -0.186. The monoisotopic (exact) mass is 223 g/mol. The molecule has 0 spiro atoms. The summed E-state index contributed by atoms with van der Waals surface area (Å²) in [5.41, 5.74) is 0. The third kappa shape index (κ3) is 1.91. The van der Waals surface area contributed by atoms with Crippen molar-refractivity contribution in [3.05, 3.63) is 0 Å². The van der Waals surface area contributed by atoms with E-state index < -0.39 is 33.6 Å². The fraction of sp³-hybridized carbons (Fsp3) is 0.667. The first kappa shape index (κ1) is 11.1. The van der Waals surface area contributed by atoms with Crippen molar-refractivity contribution in [2.45, 2.75) is 18.6 Å². The minimum Gasteiger partial charge on any atom is -0.285 e. The molecule has 1 N–H and O–H groups in total. The van der Waals surface area contributed by atoms with E-state index in [0.717, 1.165) is 0 Å². The molecule has 0 radical (unpaired) electrons. The van der Waals surface area contributed by atoms with E-state index in [1.807, 2.05) is 0 Å². The van der Waals surface area contributed by atoms with E-state index in [-0.39, 0.29) is 6.61 Å². The van der Waals surface area contributed by atoms with Gasteiger partial charge in [0.05, 0.1) is 13.0 Å². The maximum atomic E-state index is 11.2. The van der Waals surface area contributed by atoms with Gasteiger partial charge in [0, 0.05) is 0 Å². The van der Waals surface area contributed by atoms with Crippen molar-refractivity contribution in [1.82, 2.24) is 5.06 Å². The van der Waals surface area contributed by atoms with Gasteiger partial charge in [-0.15, -0.1) is 0 Å². The molecule has 0 aromatic rings. The Morgan fingerprint density at radius 1 is 1.57 bits per heavy atom. The second-order valence-electron chi connectivity index (χ2n) is 2.65. The summed E-state index contributed by atoms with van der Waals surface area (Å²) in [7, 11) is -4.53. The van der Waals surface area contributed by atoms with Crippen molar-refractivity contribution in [1.29, 1.82) is 0 Å². The van der Waals surface area contributed by atoms with Crippen LogP contribution in [0.3, 0.4) is 0 Å². The number of carbonyl (C=O) groups is 2. The van der Waals surface area contributed by atoms with E-state index >= 15 is 0 Å². The fourth-order valence-corrected chi connectivity index (χ4v) is 1.78. The summed E-state index contributed by atoms with van der Waals surface area (Å²) in [4.78, 5) is 26.8. The Morgan fingerprint density at radius 3 is 2.50 bits per heavy atom. The summed E-state index contributed by atoms with van der Waals surface area (Å²) < 4.78 is 29.9. The lowest BCUT2D eigenvalue weighted by Crippen LogP contribution is -2.34. The molecule has 0 aromatic heterocycles. The molecule has 1 rings (SSSR count). The van der Waals surface area contributed by atoms with Crippen LogP contribution in [0.25, 0.3) is 0 Å². The summed E-state index contributed by atoms with van der Waals surface area (Å²) in [6, 6.07) is 0. The van der Waals surface area contributed by atoms with Crippen LogP contribution in [-0.4, -0.2) is 41.7 Å². The Kier molecular flexibility index (Phi) is 2.88. The summed E-state index contributed by atoms with van der Waals surface area (Å²) in [6.45, 7) is 1.61. The molecule has 0 bridgehead atoms. The molecule has 2 amide bonds. The molecule has 8 heteroatoms. The van der Waals surface area contributed by atoms with Crippen LogP contribution in [0.4, 0.5) is 0 Å². The van der Waals surface area contributed by atoms with Crippen molar-refractivity contribution in [2.24, 2.45) is 0 Å². The van der Waals surface area contributed by atoms with E-state index in [1.165, 1.54) is 0 Å². The zero-order valence-corrected chi connectivity index (χ0v) is 8.15. The Bertz CT molecular complexity index is 361. The lowest BCUT2D eigenvalue weighted by atomic mass is 10.4. The van der Waals surface area contributed by atoms with Crippen LogP contribution in [0, 0.1) is 0 Å². The van der Waals surface area contributed by atoms with E-state index in [9.17, 15) is 18.0 Å². The quantitative estimate of drug-likeness (QED) is 0.484. The summed E-state index contributed by atoms with van der Waals surface area (Å²) in [5, 5.41) is -1.35. The van der Waals surface area contributed by atoms with Crippen molar-refractivity contribution in [3.63, 3.8) is 0 Å². The van der Waals surface area contributed by atoms with Crippen LogP contribution >= 0.6 is 0 Å². The molecule has 1 saturated heterocycles. The largest absolute Gasteiger partial charge is 0.285 e. The number of hydrogen-bond acceptors (Lipinski definition) is 5. The molecule has 0 aliphatic carbocycles. The van der Waals surface area contributed by atoms with Gasteiger partial charge in [0.15, 0.2) is 5.25 Å². The molecule has 0 saturated carbocycles. The zero-order valence-electron chi connectivity index (χ0n) is 7.34. The van der Waals surface area contributed by atoms with Gasteiger partial charge in [0.1, 0.15) is 0 Å². The van der Waals surface area contributed by atoms with Gasteiger partial charge in [-0.2, -0.15) is 13.5 Å². The van der Waals surface area contributed by atoms with Crippen LogP contribution in [0.15, 0.2) is 0 Å². The van der Waals surface area contributed by atoms with Gasteiger partial charge < -0.3 is 0 Å². The Hall–Kier alpha value is -0.990. The third-order valence-corrected chi connectivity index (χ3v) is 2.77. The number of rotatable bonds is 3. The zero-order chi connectivity index (χ0) is 10.9. The Morgan fingerprint density at radius 2 is 2.14 bits per heavy atom. The molecule has 1 heterocycles. The van der Waals surface area contributed by atoms with Gasteiger partial charge in [0.25, 0.3) is 21.9 Å². The van der Waals surface area contributed by atoms with Crippen LogP contribution in [-0.2, 0) is 24.5 Å². The van der Waals surface area contributed by atoms with Gasteiger partial charge in [-0.1, -0.05) is 0 Å². The Labute approximate surface area is 80.3 Å². The predicted octanol–water partition coefficient (Wildman–Crippen LogP) is -1.05. The minimum absolute atomic E-state index is 0.0652. The Balaban J connectivity index is 2.90. The van der Waals surface area contributed by atoms with Gasteiger partial charge in [-0.25, -0.2) is 0 Å². The van der Waals surface area contributed by atoms with Gasteiger partial charge >= 0.3 is 0 Å². The van der Waals surface area contributed by atoms with Crippen molar-refractivity contribution in [3.8, 4) is 0 Å². The predicted molar refractivity (Wildman–Crippen MR) is 43.4 cm³/mol. The van der Waals surface area contributed by atoms with E-state index in [1.54, 1.807) is 6.92 Å². The number of imide groups is 1. The average molecular weight is 223 g/mol. The third-order valence-electron chi connectivity index (χ3n) is 1.68. The molecule has 80 valence electrons. The van der Waals surface area contributed by atoms with Crippen LogP contribution in [0.5, 0.6) is 0 Å². The topological polar surface area (TPSA) is 101 Å². The van der Waals surface area contributed by atoms with Crippen molar-refractivity contribution < 1.29 is 27.4 Å². The molecular formula is C6H9NO6S. The molecular weight excluding hydrogens is 214 g/mol. The van der Waals surface area contributed by atoms with E-state index in [0.29, 0.717) is 5.06 Å². The van der Waals surface area contributed by atoms with Crippen LogP contribution in [0.2, 0.25) is 0 Å². The number of hydroxylamine groups is 2. The fourth-order valence-electron chi connectivity index (χ4n) is 1.08. The number of nitrogens with zero attached hydrogens (tertiary/aromatic N) is 1. The smallest absolute Gasteiger partial charge is 0.277 e. The average Bonchev–Trinajstić information content (AvgIpc) is 2.31.